The molecule has 3 aromatic rings. The molecule has 0 amide bonds. The first-order valence-electron chi connectivity index (χ1n) is 6.69. The van der Waals surface area contributed by atoms with Gasteiger partial charge in [0.25, 0.3) is 0 Å². The summed E-state index contributed by atoms with van der Waals surface area (Å²) < 4.78 is 0.817. The molecule has 21 heavy (non-hydrogen) atoms. The van der Waals surface area contributed by atoms with Gasteiger partial charge in [-0.3, -0.25) is 0 Å². The van der Waals surface area contributed by atoms with Gasteiger partial charge in [0.05, 0.1) is 10.7 Å². The lowest BCUT2D eigenvalue weighted by atomic mass is 10.3. The molecule has 110 valence electrons. The third-order valence-corrected chi connectivity index (χ3v) is 4.20. The Morgan fingerprint density at radius 2 is 2.19 bits per heavy atom. The van der Waals surface area contributed by atoms with Gasteiger partial charge in [0.2, 0.25) is 5.95 Å². The number of halogens is 1. The van der Waals surface area contributed by atoms with E-state index in [1.165, 1.54) is 4.88 Å². The Kier molecular flexibility index (Phi) is 4.21. The minimum absolute atomic E-state index is 0.582. The summed E-state index contributed by atoms with van der Waals surface area (Å²) in [4.78, 5) is 17.3. The maximum absolute atomic E-state index is 5.93. The lowest BCUT2D eigenvalue weighted by Crippen LogP contribution is -2.09. The third kappa shape index (κ3) is 3.25. The molecular weight excluding hydrogens is 308 g/mol. The average Bonchev–Trinajstić information content (AvgIpc) is 3.08. The van der Waals surface area contributed by atoms with Crippen LogP contribution < -0.4 is 10.6 Å². The van der Waals surface area contributed by atoms with Gasteiger partial charge in [-0.1, -0.05) is 11.6 Å². The van der Waals surface area contributed by atoms with Gasteiger partial charge in [-0.15, -0.1) is 11.3 Å². The predicted octanol–water partition coefficient (Wildman–Crippen LogP) is 3.15. The number of hydrogen-bond acceptors (Lipinski definition) is 6. The molecule has 3 N–H and O–H groups in total. The number of aromatic nitrogens is 4. The summed E-state index contributed by atoms with van der Waals surface area (Å²) in [5, 5.41) is 6.44. The van der Waals surface area contributed by atoms with Gasteiger partial charge >= 0.3 is 0 Å². The highest BCUT2D eigenvalue weighted by Gasteiger charge is 2.09. The van der Waals surface area contributed by atoms with E-state index in [1.54, 1.807) is 17.7 Å². The number of nitrogens with one attached hydrogen (secondary N) is 3. The summed E-state index contributed by atoms with van der Waals surface area (Å²) in [5.41, 5.74) is 1.48. The van der Waals surface area contributed by atoms with Crippen molar-refractivity contribution in [1.29, 1.82) is 0 Å². The van der Waals surface area contributed by atoms with Gasteiger partial charge in [0.15, 0.2) is 11.5 Å². The molecule has 0 saturated carbocycles. The molecule has 0 bridgehead atoms. The third-order valence-electron chi connectivity index (χ3n) is 2.91. The average molecular weight is 323 g/mol. The standard InChI is InChI=1S/C13H15ClN6S/c1-2-15-13-19-11(10-12(20-13)18-7-17-10)16-6-5-8-3-4-9(14)21-8/h3-4,7H,2,5-6H2,1H3,(H3,15,16,17,18,19,20). The Morgan fingerprint density at radius 1 is 1.29 bits per heavy atom. The summed E-state index contributed by atoms with van der Waals surface area (Å²) in [6, 6.07) is 3.97. The number of H-pyrrole nitrogens is 1. The van der Waals surface area contributed by atoms with Crippen molar-refractivity contribution >= 4 is 45.9 Å². The SMILES string of the molecule is CCNc1nc(NCCc2ccc(Cl)s2)c2[nH]cnc2n1. The van der Waals surface area contributed by atoms with Gasteiger partial charge in [-0.05, 0) is 25.5 Å². The molecule has 0 aliphatic rings. The molecule has 0 fully saturated rings. The van der Waals surface area contributed by atoms with Crippen LogP contribution in [0.4, 0.5) is 11.8 Å². The van der Waals surface area contributed by atoms with Crippen molar-refractivity contribution in [3.05, 3.63) is 27.7 Å². The molecule has 8 heteroatoms. The Labute approximate surface area is 131 Å². The fraction of sp³-hybridized carbons (Fsp3) is 0.308. The largest absolute Gasteiger partial charge is 0.368 e. The van der Waals surface area contributed by atoms with E-state index in [9.17, 15) is 0 Å². The zero-order chi connectivity index (χ0) is 14.7. The van der Waals surface area contributed by atoms with Crippen molar-refractivity contribution in [2.45, 2.75) is 13.3 Å². The van der Waals surface area contributed by atoms with Crippen LogP contribution in [0.3, 0.4) is 0 Å². The minimum Gasteiger partial charge on any atom is -0.368 e. The molecule has 3 heterocycles. The molecule has 0 spiro atoms. The number of aromatic amines is 1. The second-order valence-electron chi connectivity index (χ2n) is 4.41. The number of imidazole rings is 1. The first-order valence-corrected chi connectivity index (χ1v) is 7.89. The number of nitrogens with zero attached hydrogens (tertiary/aromatic N) is 3. The van der Waals surface area contributed by atoms with Crippen LogP contribution in [0.15, 0.2) is 18.5 Å². The summed E-state index contributed by atoms with van der Waals surface area (Å²) in [7, 11) is 0. The maximum atomic E-state index is 5.93. The normalized spacial score (nSPS) is 11.0. The smallest absolute Gasteiger partial charge is 0.226 e. The minimum atomic E-state index is 0.582. The van der Waals surface area contributed by atoms with Crippen LogP contribution in [0.25, 0.3) is 11.2 Å². The first kappa shape index (κ1) is 14.1. The van der Waals surface area contributed by atoms with Crippen LogP contribution in [-0.2, 0) is 6.42 Å². The molecule has 0 aliphatic heterocycles. The van der Waals surface area contributed by atoms with Crippen molar-refractivity contribution in [2.24, 2.45) is 0 Å². The van der Waals surface area contributed by atoms with Gasteiger partial charge < -0.3 is 15.6 Å². The Morgan fingerprint density at radius 3 is 2.95 bits per heavy atom. The molecule has 6 nitrogen and oxygen atoms in total. The molecule has 0 radical (unpaired) electrons. The Balaban J connectivity index is 1.74. The van der Waals surface area contributed by atoms with Crippen molar-refractivity contribution in [2.75, 3.05) is 23.7 Å². The van der Waals surface area contributed by atoms with Gasteiger partial charge in [0, 0.05) is 18.0 Å². The molecular formula is C13H15ClN6S. The maximum Gasteiger partial charge on any atom is 0.226 e. The quantitative estimate of drug-likeness (QED) is 0.649. The van der Waals surface area contributed by atoms with Crippen molar-refractivity contribution < 1.29 is 0 Å². The first-order chi connectivity index (χ1) is 10.3. The van der Waals surface area contributed by atoms with E-state index < -0.39 is 0 Å². The summed E-state index contributed by atoms with van der Waals surface area (Å²) >= 11 is 7.53. The van der Waals surface area contributed by atoms with Crippen molar-refractivity contribution in [1.82, 2.24) is 19.9 Å². The second kappa shape index (κ2) is 6.28. The Hall–Kier alpha value is -1.86. The van der Waals surface area contributed by atoms with Gasteiger partial charge in [-0.25, -0.2) is 4.98 Å². The van der Waals surface area contributed by atoms with Crippen LogP contribution >= 0.6 is 22.9 Å². The van der Waals surface area contributed by atoms with E-state index in [4.69, 9.17) is 11.6 Å². The fourth-order valence-corrected chi connectivity index (χ4v) is 3.08. The van der Waals surface area contributed by atoms with Gasteiger partial charge in [0.1, 0.15) is 5.52 Å². The van der Waals surface area contributed by atoms with Gasteiger partial charge in [-0.2, -0.15) is 9.97 Å². The number of thiophene rings is 1. The monoisotopic (exact) mass is 322 g/mol. The van der Waals surface area contributed by atoms with Crippen molar-refractivity contribution in [3.8, 4) is 0 Å². The van der Waals surface area contributed by atoms with E-state index in [0.29, 0.717) is 11.6 Å². The lowest BCUT2D eigenvalue weighted by molar-refractivity contribution is 1.02. The van der Waals surface area contributed by atoms with E-state index in [-0.39, 0.29) is 0 Å². The molecule has 3 rings (SSSR count). The van der Waals surface area contributed by atoms with Crippen LogP contribution in [0.2, 0.25) is 4.34 Å². The second-order valence-corrected chi connectivity index (χ2v) is 6.21. The lowest BCUT2D eigenvalue weighted by Gasteiger charge is -2.08. The molecule has 0 aliphatic carbocycles. The highest BCUT2D eigenvalue weighted by atomic mass is 35.5. The van der Waals surface area contributed by atoms with E-state index in [1.807, 2.05) is 19.1 Å². The highest BCUT2D eigenvalue weighted by Crippen LogP contribution is 2.22. The van der Waals surface area contributed by atoms with E-state index in [2.05, 4.69) is 30.6 Å². The predicted molar refractivity (Wildman–Crippen MR) is 87.4 cm³/mol. The van der Waals surface area contributed by atoms with Crippen molar-refractivity contribution in [3.63, 3.8) is 0 Å². The molecule has 3 aromatic heterocycles. The molecule has 0 aromatic carbocycles. The van der Waals surface area contributed by atoms with Crippen LogP contribution in [0, 0.1) is 0 Å². The summed E-state index contributed by atoms with van der Waals surface area (Å²) in [6.07, 6.45) is 2.52. The van der Waals surface area contributed by atoms with Crippen LogP contribution in [0.1, 0.15) is 11.8 Å². The number of hydrogen-bond donors (Lipinski definition) is 3. The zero-order valence-electron chi connectivity index (χ0n) is 11.5. The molecule has 0 atom stereocenters. The molecule has 0 saturated heterocycles. The van der Waals surface area contributed by atoms with Crippen LogP contribution in [0.5, 0.6) is 0 Å². The highest BCUT2D eigenvalue weighted by molar-refractivity contribution is 7.16. The summed E-state index contributed by atoms with van der Waals surface area (Å²) in [5.74, 6) is 1.34. The summed E-state index contributed by atoms with van der Waals surface area (Å²) in [6.45, 7) is 3.54. The number of rotatable bonds is 6. The number of fused-ring (bicyclic) bond motifs is 1. The van der Waals surface area contributed by atoms with Crippen LogP contribution in [-0.4, -0.2) is 33.0 Å². The fourth-order valence-electron chi connectivity index (χ4n) is 1.99. The van der Waals surface area contributed by atoms with E-state index in [0.717, 1.165) is 35.2 Å². The Bertz CT molecular complexity index is 737. The van der Waals surface area contributed by atoms with E-state index >= 15 is 0 Å². The number of anilines is 2. The zero-order valence-corrected chi connectivity index (χ0v) is 13.1. The molecule has 0 unspecified atom stereocenters. The topological polar surface area (TPSA) is 78.5 Å².